The molecule has 15 heavy (non-hydrogen) atoms. The quantitative estimate of drug-likeness (QED) is 0.544. The minimum absolute atomic E-state index is 0.459. The van der Waals surface area contributed by atoms with Gasteiger partial charge >= 0.3 is 5.69 Å². The largest absolute Gasteiger partial charge is 0.361 e. The SMILES string of the molecule is O=c1nc2cnc3ccccc3c2n[nH]1. The van der Waals surface area contributed by atoms with Crippen molar-refractivity contribution in [2.24, 2.45) is 0 Å². The Morgan fingerprint density at radius 3 is 2.93 bits per heavy atom. The third kappa shape index (κ3) is 1.17. The zero-order valence-corrected chi connectivity index (χ0v) is 7.64. The maximum atomic E-state index is 11.0. The first-order chi connectivity index (χ1) is 7.34. The van der Waals surface area contributed by atoms with E-state index in [9.17, 15) is 4.79 Å². The number of pyridine rings is 1. The average molecular weight is 198 g/mol. The standard InChI is InChI=1S/C10H6N4O/c15-10-12-8-5-11-7-4-2-1-3-6(7)9(8)13-14-10/h1-5H,(H,12,14,15). The van der Waals surface area contributed by atoms with Crippen molar-refractivity contribution in [2.75, 3.05) is 0 Å². The van der Waals surface area contributed by atoms with Crippen molar-refractivity contribution in [1.29, 1.82) is 0 Å². The van der Waals surface area contributed by atoms with E-state index in [1.165, 1.54) is 0 Å². The summed E-state index contributed by atoms with van der Waals surface area (Å²) in [6.45, 7) is 0. The van der Waals surface area contributed by atoms with Crippen LogP contribution in [0.3, 0.4) is 0 Å². The van der Waals surface area contributed by atoms with Crippen LogP contribution in [0.2, 0.25) is 0 Å². The number of hydrogen-bond acceptors (Lipinski definition) is 4. The monoisotopic (exact) mass is 198 g/mol. The second kappa shape index (κ2) is 2.84. The van der Waals surface area contributed by atoms with Gasteiger partial charge in [-0.3, -0.25) is 4.98 Å². The van der Waals surface area contributed by atoms with Crippen LogP contribution in [-0.2, 0) is 0 Å². The summed E-state index contributed by atoms with van der Waals surface area (Å²) in [4.78, 5) is 18.9. The van der Waals surface area contributed by atoms with Crippen LogP contribution in [-0.4, -0.2) is 20.2 Å². The molecule has 0 unspecified atom stereocenters. The van der Waals surface area contributed by atoms with Gasteiger partial charge in [-0.1, -0.05) is 18.2 Å². The fraction of sp³-hybridized carbons (Fsp3) is 0. The molecule has 5 heteroatoms. The van der Waals surface area contributed by atoms with E-state index in [0.29, 0.717) is 11.0 Å². The maximum absolute atomic E-state index is 11.0. The predicted molar refractivity (Wildman–Crippen MR) is 55.5 cm³/mol. The van der Waals surface area contributed by atoms with Gasteiger partial charge in [-0.25, -0.2) is 9.89 Å². The molecule has 3 rings (SSSR count). The lowest BCUT2D eigenvalue weighted by Crippen LogP contribution is -2.11. The second-order valence-electron chi connectivity index (χ2n) is 3.15. The molecule has 0 amide bonds. The summed E-state index contributed by atoms with van der Waals surface area (Å²) in [5.74, 6) is 0. The van der Waals surface area contributed by atoms with Gasteiger partial charge in [0.25, 0.3) is 0 Å². The summed E-state index contributed by atoms with van der Waals surface area (Å²) in [6, 6.07) is 7.59. The Hall–Kier alpha value is -2.30. The molecule has 1 aromatic carbocycles. The molecule has 0 saturated heterocycles. The smallest absolute Gasteiger partial charge is 0.254 e. The zero-order chi connectivity index (χ0) is 10.3. The summed E-state index contributed by atoms with van der Waals surface area (Å²) >= 11 is 0. The fourth-order valence-corrected chi connectivity index (χ4v) is 1.55. The lowest BCUT2D eigenvalue weighted by molar-refractivity contribution is 0.962. The highest BCUT2D eigenvalue weighted by atomic mass is 16.1. The molecule has 0 aliphatic rings. The van der Waals surface area contributed by atoms with Gasteiger partial charge < -0.3 is 0 Å². The Labute approximate surface area is 83.8 Å². The molecular formula is C10H6N4O. The number of benzene rings is 1. The normalized spacial score (nSPS) is 10.9. The first-order valence-corrected chi connectivity index (χ1v) is 4.45. The van der Waals surface area contributed by atoms with E-state index < -0.39 is 5.69 Å². The van der Waals surface area contributed by atoms with Crippen LogP contribution < -0.4 is 5.69 Å². The van der Waals surface area contributed by atoms with Gasteiger partial charge in [-0.15, -0.1) is 0 Å². The van der Waals surface area contributed by atoms with E-state index >= 15 is 0 Å². The molecule has 0 bridgehead atoms. The fourth-order valence-electron chi connectivity index (χ4n) is 1.55. The molecule has 0 radical (unpaired) electrons. The van der Waals surface area contributed by atoms with Crippen molar-refractivity contribution in [1.82, 2.24) is 20.2 Å². The lowest BCUT2D eigenvalue weighted by atomic mass is 10.2. The summed E-state index contributed by atoms with van der Waals surface area (Å²) < 4.78 is 0. The molecule has 3 aromatic rings. The van der Waals surface area contributed by atoms with Gasteiger partial charge in [-0.2, -0.15) is 10.1 Å². The van der Waals surface area contributed by atoms with Gasteiger partial charge in [0.15, 0.2) is 0 Å². The molecule has 1 N–H and O–H groups in total. The van der Waals surface area contributed by atoms with Gasteiger partial charge in [0.2, 0.25) is 0 Å². The second-order valence-corrected chi connectivity index (χ2v) is 3.15. The topological polar surface area (TPSA) is 71.5 Å². The highest BCUT2D eigenvalue weighted by Crippen LogP contribution is 2.17. The maximum Gasteiger partial charge on any atom is 0.361 e. The molecule has 0 fully saturated rings. The molecule has 0 saturated carbocycles. The number of H-pyrrole nitrogens is 1. The van der Waals surface area contributed by atoms with Crippen molar-refractivity contribution in [3.8, 4) is 0 Å². The summed E-state index contributed by atoms with van der Waals surface area (Å²) in [6.07, 6.45) is 1.56. The predicted octanol–water partition coefficient (Wildman–Crippen LogP) is 0.866. The van der Waals surface area contributed by atoms with Crippen LogP contribution in [0.1, 0.15) is 0 Å². The molecule has 0 spiro atoms. The van der Waals surface area contributed by atoms with Crippen molar-refractivity contribution >= 4 is 21.9 Å². The number of aromatic amines is 1. The minimum atomic E-state index is -0.459. The number of fused-ring (bicyclic) bond motifs is 3. The highest BCUT2D eigenvalue weighted by Gasteiger charge is 2.03. The molecule has 2 aromatic heterocycles. The van der Waals surface area contributed by atoms with Crippen molar-refractivity contribution in [3.05, 3.63) is 40.9 Å². The Morgan fingerprint density at radius 2 is 2.00 bits per heavy atom. The number of para-hydroxylation sites is 1. The van der Waals surface area contributed by atoms with Gasteiger partial charge in [0, 0.05) is 5.39 Å². The third-order valence-electron chi connectivity index (χ3n) is 2.21. The van der Waals surface area contributed by atoms with Crippen molar-refractivity contribution < 1.29 is 0 Å². The van der Waals surface area contributed by atoms with E-state index in [0.717, 1.165) is 10.9 Å². The van der Waals surface area contributed by atoms with Crippen molar-refractivity contribution in [2.45, 2.75) is 0 Å². The molecule has 0 aliphatic heterocycles. The molecular weight excluding hydrogens is 192 g/mol. The summed E-state index contributed by atoms with van der Waals surface area (Å²) in [7, 11) is 0. The Balaban J connectivity index is 2.60. The first-order valence-electron chi connectivity index (χ1n) is 4.45. The lowest BCUT2D eigenvalue weighted by Gasteiger charge is -1.99. The number of hydrogen-bond donors (Lipinski definition) is 1. The van der Waals surface area contributed by atoms with Crippen LogP contribution in [0.4, 0.5) is 0 Å². The molecule has 5 nitrogen and oxygen atoms in total. The van der Waals surface area contributed by atoms with Crippen LogP contribution in [0.5, 0.6) is 0 Å². The van der Waals surface area contributed by atoms with E-state index in [1.54, 1.807) is 6.20 Å². The molecule has 0 atom stereocenters. The molecule has 0 aliphatic carbocycles. The number of rotatable bonds is 0. The third-order valence-corrected chi connectivity index (χ3v) is 2.21. The van der Waals surface area contributed by atoms with E-state index in [1.807, 2.05) is 24.3 Å². The Bertz CT molecular complexity index is 704. The van der Waals surface area contributed by atoms with Gasteiger partial charge in [0.05, 0.1) is 11.7 Å². The van der Waals surface area contributed by atoms with Gasteiger partial charge in [0.1, 0.15) is 11.0 Å². The van der Waals surface area contributed by atoms with E-state index in [2.05, 4.69) is 20.2 Å². The number of aromatic nitrogens is 4. The number of nitrogens with one attached hydrogen (secondary N) is 1. The van der Waals surface area contributed by atoms with E-state index in [-0.39, 0.29) is 0 Å². The van der Waals surface area contributed by atoms with Crippen LogP contribution in [0, 0.1) is 0 Å². The molecule has 72 valence electrons. The molecule has 2 heterocycles. The van der Waals surface area contributed by atoms with Crippen LogP contribution in [0.25, 0.3) is 21.9 Å². The van der Waals surface area contributed by atoms with Gasteiger partial charge in [-0.05, 0) is 6.07 Å². The zero-order valence-electron chi connectivity index (χ0n) is 7.64. The minimum Gasteiger partial charge on any atom is -0.254 e. The number of nitrogens with zero attached hydrogens (tertiary/aromatic N) is 3. The first kappa shape index (κ1) is 8.05. The highest BCUT2D eigenvalue weighted by molar-refractivity contribution is 6.00. The summed E-state index contributed by atoms with van der Waals surface area (Å²) in [5, 5.41) is 7.18. The van der Waals surface area contributed by atoms with Crippen molar-refractivity contribution in [3.63, 3.8) is 0 Å². The van der Waals surface area contributed by atoms with Crippen LogP contribution in [0.15, 0.2) is 35.3 Å². The summed E-state index contributed by atoms with van der Waals surface area (Å²) in [5.41, 5.74) is 1.56. The Morgan fingerprint density at radius 1 is 1.13 bits per heavy atom. The van der Waals surface area contributed by atoms with E-state index in [4.69, 9.17) is 0 Å². The Kier molecular flexibility index (Phi) is 1.53. The van der Waals surface area contributed by atoms with Crippen LogP contribution >= 0.6 is 0 Å². The average Bonchev–Trinajstić information content (AvgIpc) is 2.28.